The summed E-state index contributed by atoms with van der Waals surface area (Å²) in [6.45, 7) is 7.38. The molecule has 0 bridgehead atoms. The van der Waals surface area contributed by atoms with E-state index in [1.807, 2.05) is 36.4 Å². The van der Waals surface area contributed by atoms with E-state index in [4.69, 9.17) is 0 Å². The number of hydrogen-bond donors (Lipinski definition) is 0. The second kappa shape index (κ2) is 7.32. The first-order valence-corrected chi connectivity index (χ1v) is 3.22. The van der Waals surface area contributed by atoms with E-state index < -0.39 is 0 Å². The van der Waals surface area contributed by atoms with Crippen molar-refractivity contribution in [3.63, 3.8) is 0 Å². The van der Waals surface area contributed by atoms with Crippen LogP contribution in [0.15, 0.2) is 37.4 Å². The number of benzene rings is 1. The summed E-state index contributed by atoms with van der Waals surface area (Å²) >= 11 is 0. The zero-order valence-electron chi connectivity index (χ0n) is 7.33. The Labute approximate surface area is 95.4 Å². The van der Waals surface area contributed by atoms with Crippen LogP contribution in [-0.2, 0) is 0 Å². The van der Waals surface area contributed by atoms with E-state index >= 15 is 0 Å². The van der Waals surface area contributed by atoms with Crippen molar-refractivity contribution in [1.82, 2.24) is 0 Å². The Bertz CT molecular complexity index is 229. The van der Waals surface area contributed by atoms with Crippen molar-refractivity contribution in [2.45, 2.75) is 0 Å². The minimum absolute atomic E-state index is 0. The monoisotopic (exact) mass is 170 g/mol. The summed E-state index contributed by atoms with van der Waals surface area (Å²) in [5.41, 5.74) is 2.27. The van der Waals surface area contributed by atoms with Gasteiger partial charge in [-0.3, -0.25) is 0 Å². The Hall–Kier alpha value is -0.340. The second-order valence-corrected chi connectivity index (χ2v) is 2.04. The van der Waals surface area contributed by atoms with Gasteiger partial charge in [0, 0.05) is 0 Å². The minimum atomic E-state index is 0. The van der Waals surface area contributed by atoms with Gasteiger partial charge in [0.05, 0.1) is 0 Å². The molecule has 0 aromatic heterocycles. The third kappa shape index (κ3) is 3.37. The maximum absolute atomic E-state index is 3.69. The van der Waals surface area contributed by atoms with Crippen LogP contribution in [-0.4, -0.2) is 5.48 Å². The molecule has 2 heteroatoms. The Morgan fingerprint density at radius 2 is 1.25 bits per heavy atom. The third-order valence-electron chi connectivity index (χ3n) is 1.44. The number of hydrogen-bond acceptors (Lipinski definition) is 1. The van der Waals surface area contributed by atoms with Gasteiger partial charge in [0.15, 0.2) is 0 Å². The molecular weight excluding hydrogens is 159 g/mol. The van der Waals surface area contributed by atoms with E-state index in [2.05, 4.69) is 13.2 Å². The van der Waals surface area contributed by atoms with Crippen molar-refractivity contribution < 1.29 is 35.0 Å². The van der Waals surface area contributed by atoms with Gasteiger partial charge in [-0.2, -0.15) is 0 Å². The molecule has 0 fully saturated rings. The van der Waals surface area contributed by atoms with Gasteiger partial charge >= 0.3 is 29.6 Å². The Morgan fingerprint density at radius 3 is 1.50 bits per heavy atom. The van der Waals surface area contributed by atoms with Gasteiger partial charge in [-0.05, 0) is 11.1 Å². The molecule has 0 amide bonds. The molecule has 0 aliphatic carbocycles. The van der Waals surface area contributed by atoms with Gasteiger partial charge in [0.25, 0.3) is 0 Å². The van der Waals surface area contributed by atoms with Crippen LogP contribution < -0.4 is 29.6 Å². The van der Waals surface area contributed by atoms with Crippen molar-refractivity contribution in [2.75, 3.05) is 0 Å². The topological polar surface area (TPSA) is 30.0 Å². The first kappa shape index (κ1) is 14.2. The predicted octanol–water partition coefficient (Wildman–Crippen LogP) is -0.200. The molecular formula is C10H11NaO. The first-order chi connectivity index (χ1) is 4.88. The average molecular weight is 170 g/mol. The summed E-state index contributed by atoms with van der Waals surface area (Å²) in [6, 6.07) is 8.02. The van der Waals surface area contributed by atoms with Crippen LogP contribution in [0, 0.1) is 0 Å². The molecule has 12 heavy (non-hydrogen) atoms. The quantitative estimate of drug-likeness (QED) is 0.565. The third-order valence-corrected chi connectivity index (χ3v) is 1.44. The fourth-order valence-corrected chi connectivity index (χ4v) is 0.883. The molecule has 0 unspecified atom stereocenters. The van der Waals surface area contributed by atoms with Crippen molar-refractivity contribution in [3.05, 3.63) is 48.6 Å². The summed E-state index contributed by atoms with van der Waals surface area (Å²) in [6.07, 6.45) is 3.66. The molecule has 1 rings (SSSR count). The Balaban J connectivity index is 0. The normalized spacial score (nSPS) is 7.33. The molecule has 0 radical (unpaired) electrons. The smallest absolute Gasteiger partial charge is 0.870 e. The average Bonchev–Trinajstić information content (AvgIpc) is 2.04. The maximum atomic E-state index is 3.69. The van der Waals surface area contributed by atoms with Crippen LogP contribution in [0.4, 0.5) is 0 Å². The summed E-state index contributed by atoms with van der Waals surface area (Å²) in [4.78, 5) is 0. The van der Waals surface area contributed by atoms with Crippen LogP contribution in [0.2, 0.25) is 0 Å². The van der Waals surface area contributed by atoms with Gasteiger partial charge in [-0.15, -0.1) is 0 Å². The Kier molecular flexibility index (Phi) is 8.66. The molecule has 0 saturated carbocycles. The SMILES string of the molecule is C=Cc1ccccc1C=C.[Na+].[OH-]. The molecule has 0 heterocycles. The molecule has 58 valence electrons. The zero-order chi connectivity index (χ0) is 7.40. The standard InChI is InChI=1S/C10H10.Na.H2O/c1-3-9-7-5-6-8-10(9)4-2;;/h3-8H,1-2H2;;1H2/q;+1;/p-1. The molecule has 1 nitrogen and oxygen atoms in total. The summed E-state index contributed by atoms with van der Waals surface area (Å²) in [5.74, 6) is 0. The predicted molar refractivity (Wildman–Crippen MR) is 48.6 cm³/mol. The van der Waals surface area contributed by atoms with Crippen LogP contribution >= 0.6 is 0 Å². The van der Waals surface area contributed by atoms with Gasteiger partial charge in [-0.25, -0.2) is 0 Å². The van der Waals surface area contributed by atoms with E-state index in [1.165, 1.54) is 0 Å². The fraction of sp³-hybridized carbons (Fsp3) is 0. The van der Waals surface area contributed by atoms with Crippen molar-refractivity contribution in [2.24, 2.45) is 0 Å². The van der Waals surface area contributed by atoms with E-state index in [9.17, 15) is 0 Å². The molecule has 0 saturated heterocycles. The van der Waals surface area contributed by atoms with Gasteiger partial charge in [-0.1, -0.05) is 49.6 Å². The molecule has 1 aromatic rings. The van der Waals surface area contributed by atoms with Gasteiger partial charge in [0.2, 0.25) is 0 Å². The van der Waals surface area contributed by atoms with E-state index in [0.29, 0.717) is 0 Å². The molecule has 0 spiro atoms. The summed E-state index contributed by atoms with van der Waals surface area (Å²) in [7, 11) is 0. The second-order valence-electron chi connectivity index (χ2n) is 2.04. The van der Waals surface area contributed by atoms with Crippen LogP contribution in [0.5, 0.6) is 0 Å². The number of rotatable bonds is 2. The minimum Gasteiger partial charge on any atom is -0.870 e. The van der Waals surface area contributed by atoms with Crippen LogP contribution in [0.1, 0.15) is 11.1 Å². The molecule has 0 atom stereocenters. The summed E-state index contributed by atoms with van der Waals surface area (Å²) < 4.78 is 0. The Morgan fingerprint density at radius 1 is 0.917 bits per heavy atom. The fourth-order valence-electron chi connectivity index (χ4n) is 0.883. The molecule has 0 aliphatic heterocycles. The maximum Gasteiger partial charge on any atom is 1.00 e. The largest absolute Gasteiger partial charge is 1.00 e. The first-order valence-electron chi connectivity index (χ1n) is 3.22. The molecule has 1 N–H and O–H groups in total. The van der Waals surface area contributed by atoms with Crippen LogP contribution in [0.25, 0.3) is 12.2 Å². The zero-order valence-corrected chi connectivity index (χ0v) is 9.33. The van der Waals surface area contributed by atoms with Crippen molar-refractivity contribution >= 4 is 12.2 Å². The van der Waals surface area contributed by atoms with E-state index in [1.54, 1.807) is 0 Å². The van der Waals surface area contributed by atoms with E-state index in [0.717, 1.165) is 11.1 Å². The molecule has 1 aromatic carbocycles. The summed E-state index contributed by atoms with van der Waals surface area (Å²) in [5, 5.41) is 0. The van der Waals surface area contributed by atoms with E-state index in [-0.39, 0.29) is 35.0 Å². The van der Waals surface area contributed by atoms with Gasteiger partial charge in [0.1, 0.15) is 0 Å². The van der Waals surface area contributed by atoms with Crippen molar-refractivity contribution in [1.29, 1.82) is 0 Å². The van der Waals surface area contributed by atoms with Crippen molar-refractivity contribution in [3.8, 4) is 0 Å². The van der Waals surface area contributed by atoms with Crippen LogP contribution in [0.3, 0.4) is 0 Å². The van der Waals surface area contributed by atoms with Gasteiger partial charge < -0.3 is 5.48 Å². The molecule has 0 aliphatic rings.